The quantitative estimate of drug-likeness (QED) is 0.937. The molecule has 114 valence electrons. The molecule has 1 N–H and O–H groups in total. The van der Waals surface area contributed by atoms with Crippen LogP contribution in [0.4, 0.5) is 13.2 Å². The summed E-state index contributed by atoms with van der Waals surface area (Å²) in [4.78, 5) is 15.1. The van der Waals surface area contributed by atoms with Crippen LogP contribution in [0.25, 0.3) is 5.65 Å². The van der Waals surface area contributed by atoms with Crippen molar-refractivity contribution >= 4 is 23.2 Å². The number of carboxylic acids is 1. The highest BCUT2D eigenvalue weighted by Crippen LogP contribution is 2.34. The van der Waals surface area contributed by atoms with Gasteiger partial charge in [-0.15, -0.1) is 0 Å². The maximum absolute atomic E-state index is 12.8. The van der Waals surface area contributed by atoms with Crippen molar-refractivity contribution in [3.05, 3.63) is 34.2 Å². The number of pyridine rings is 1. The molecule has 0 atom stereocenters. The molecular weight excluding hydrogens is 309 g/mol. The first-order valence-electron chi connectivity index (χ1n) is 6.10. The van der Waals surface area contributed by atoms with Crippen LogP contribution >= 0.6 is 11.6 Å². The second kappa shape index (κ2) is 5.22. The lowest BCUT2D eigenvalue weighted by Gasteiger charge is -2.09. The molecule has 0 saturated carbocycles. The number of hydrogen-bond donors (Lipinski definition) is 1. The summed E-state index contributed by atoms with van der Waals surface area (Å²) in [5.41, 5.74) is -0.178. The van der Waals surface area contributed by atoms with Crippen LogP contribution in [-0.2, 0) is 17.4 Å². The molecule has 21 heavy (non-hydrogen) atoms. The summed E-state index contributed by atoms with van der Waals surface area (Å²) in [5, 5.41) is 8.79. The Bertz CT molecular complexity index is 707. The molecule has 8 heteroatoms. The topological polar surface area (TPSA) is 54.6 Å². The van der Waals surface area contributed by atoms with Crippen LogP contribution in [0.2, 0.25) is 5.02 Å². The third kappa shape index (κ3) is 2.97. The molecule has 2 aromatic rings. The van der Waals surface area contributed by atoms with Gasteiger partial charge in [0, 0.05) is 6.20 Å². The van der Waals surface area contributed by atoms with E-state index in [9.17, 15) is 18.0 Å². The monoisotopic (exact) mass is 320 g/mol. The van der Waals surface area contributed by atoms with E-state index in [0.717, 1.165) is 16.7 Å². The normalized spacial score (nSPS) is 12.3. The number of imidazole rings is 1. The third-order valence-electron chi connectivity index (χ3n) is 3.00. The highest BCUT2D eigenvalue weighted by atomic mass is 35.5. The number of rotatable bonds is 3. The summed E-state index contributed by atoms with van der Waals surface area (Å²) in [7, 11) is 0. The second-order valence-electron chi connectivity index (χ2n) is 4.94. The highest BCUT2D eigenvalue weighted by molar-refractivity contribution is 6.33. The minimum absolute atomic E-state index is 0.129. The molecule has 2 rings (SSSR count). The van der Waals surface area contributed by atoms with Gasteiger partial charge in [-0.3, -0.25) is 4.79 Å². The van der Waals surface area contributed by atoms with E-state index >= 15 is 0 Å². The average Bonchev–Trinajstić information content (AvgIpc) is 2.67. The number of halogens is 4. The summed E-state index contributed by atoms with van der Waals surface area (Å²) in [6.07, 6.45) is -4.16. The van der Waals surface area contributed by atoms with Gasteiger partial charge in [-0.2, -0.15) is 13.2 Å². The van der Waals surface area contributed by atoms with Crippen molar-refractivity contribution in [2.45, 2.75) is 32.4 Å². The molecule has 0 fully saturated rings. The van der Waals surface area contributed by atoms with Crippen LogP contribution in [0.5, 0.6) is 0 Å². The van der Waals surface area contributed by atoms with Crippen molar-refractivity contribution in [3.8, 4) is 0 Å². The number of hydrogen-bond acceptors (Lipinski definition) is 2. The van der Waals surface area contributed by atoms with E-state index in [4.69, 9.17) is 16.7 Å². The van der Waals surface area contributed by atoms with Gasteiger partial charge < -0.3 is 9.51 Å². The number of fused-ring (bicyclic) bond motifs is 1. The molecule has 0 aliphatic carbocycles. The SMILES string of the molecule is CC(C)c1nc2c(Cl)cc(C(F)(F)F)cn2c1CC(=O)O. The standard InChI is InChI=1S/C13H12ClF3N2O2/c1-6(2)11-9(4-10(20)21)19-5-7(13(15,16)17)3-8(14)12(19)18-11/h3,5-6H,4H2,1-2H3,(H,20,21). The minimum Gasteiger partial charge on any atom is -0.481 e. The maximum atomic E-state index is 12.8. The Kier molecular flexibility index (Phi) is 3.88. The highest BCUT2D eigenvalue weighted by Gasteiger charge is 2.32. The van der Waals surface area contributed by atoms with Gasteiger partial charge in [-0.25, -0.2) is 4.98 Å². The number of carbonyl (C=O) groups is 1. The fourth-order valence-electron chi connectivity index (χ4n) is 2.11. The lowest BCUT2D eigenvalue weighted by Crippen LogP contribution is -2.10. The van der Waals surface area contributed by atoms with E-state index in [2.05, 4.69) is 4.98 Å². The number of aliphatic carboxylic acids is 1. The molecule has 0 radical (unpaired) electrons. The lowest BCUT2D eigenvalue weighted by molar-refractivity contribution is -0.138. The Hall–Kier alpha value is -1.76. The van der Waals surface area contributed by atoms with Crippen LogP contribution in [-0.4, -0.2) is 20.5 Å². The molecule has 4 nitrogen and oxygen atoms in total. The van der Waals surface area contributed by atoms with Crippen LogP contribution in [0.3, 0.4) is 0 Å². The van der Waals surface area contributed by atoms with Crippen LogP contribution < -0.4 is 0 Å². The minimum atomic E-state index is -4.57. The molecule has 2 aromatic heterocycles. The summed E-state index contributed by atoms with van der Waals surface area (Å²) in [5.74, 6) is -1.28. The largest absolute Gasteiger partial charge is 0.481 e. The van der Waals surface area contributed by atoms with E-state index in [0.29, 0.717) is 5.69 Å². The van der Waals surface area contributed by atoms with Gasteiger partial charge in [0.1, 0.15) is 0 Å². The van der Waals surface area contributed by atoms with Crippen molar-refractivity contribution in [1.29, 1.82) is 0 Å². The number of carboxylic acid groups (broad SMARTS) is 1. The number of alkyl halides is 3. The Labute approximate surface area is 123 Å². The third-order valence-corrected chi connectivity index (χ3v) is 3.28. The predicted octanol–water partition coefficient (Wildman–Crippen LogP) is 3.76. The first-order chi connectivity index (χ1) is 9.61. The Morgan fingerprint density at radius 1 is 1.48 bits per heavy atom. The Morgan fingerprint density at radius 3 is 2.57 bits per heavy atom. The van der Waals surface area contributed by atoms with Crippen LogP contribution in [0, 0.1) is 0 Å². The zero-order chi connectivity index (χ0) is 15.9. The fraction of sp³-hybridized carbons (Fsp3) is 0.385. The van der Waals surface area contributed by atoms with Gasteiger partial charge in [0.2, 0.25) is 0 Å². The molecule has 0 bridgehead atoms. The zero-order valence-electron chi connectivity index (χ0n) is 11.2. The lowest BCUT2D eigenvalue weighted by atomic mass is 10.1. The van der Waals surface area contributed by atoms with Crippen molar-refractivity contribution < 1.29 is 23.1 Å². The average molecular weight is 321 g/mol. The zero-order valence-corrected chi connectivity index (χ0v) is 12.0. The molecule has 0 aliphatic rings. The van der Waals surface area contributed by atoms with Crippen molar-refractivity contribution in [3.63, 3.8) is 0 Å². The molecule has 2 heterocycles. The molecule has 0 aromatic carbocycles. The molecule has 0 aliphatic heterocycles. The van der Waals surface area contributed by atoms with E-state index in [1.807, 2.05) is 0 Å². The number of aromatic nitrogens is 2. The van der Waals surface area contributed by atoms with E-state index < -0.39 is 24.1 Å². The molecule has 0 unspecified atom stereocenters. The summed E-state index contributed by atoms with van der Waals surface area (Å²) < 4.78 is 39.7. The van der Waals surface area contributed by atoms with Gasteiger partial charge in [-0.1, -0.05) is 25.4 Å². The molecule has 0 spiro atoms. The van der Waals surface area contributed by atoms with Gasteiger partial charge in [0.25, 0.3) is 0 Å². The van der Waals surface area contributed by atoms with Crippen molar-refractivity contribution in [2.24, 2.45) is 0 Å². The first kappa shape index (κ1) is 15.6. The summed E-state index contributed by atoms with van der Waals surface area (Å²) in [6.45, 7) is 3.57. The molecule has 0 saturated heterocycles. The maximum Gasteiger partial charge on any atom is 0.417 e. The van der Waals surface area contributed by atoms with Crippen LogP contribution in [0.1, 0.15) is 36.7 Å². The first-order valence-corrected chi connectivity index (χ1v) is 6.48. The smallest absolute Gasteiger partial charge is 0.417 e. The van der Waals surface area contributed by atoms with Crippen molar-refractivity contribution in [1.82, 2.24) is 9.38 Å². The predicted molar refractivity (Wildman–Crippen MR) is 70.6 cm³/mol. The Morgan fingerprint density at radius 2 is 2.10 bits per heavy atom. The van der Waals surface area contributed by atoms with Crippen LogP contribution in [0.15, 0.2) is 12.3 Å². The summed E-state index contributed by atoms with van der Waals surface area (Å²) >= 11 is 5.86. The van der Waals surface area contributed by atoms with Gasteiger partial charge in [0.15, 0.2) is 5.65 Å². The van der Waals surface area contributed by atoms with Gasteiger partial charge >= 0.3 is 12.1 Å². The second-order valence-corrected chi connectivity index (χ2v) is 5.34. The summed E-state index contributed by atoms with van der Waals surface area (Å²) in [6, 6.07) is 0.790. The fourth-order valence-corrected chi connectivity index (χ4v) is 2.36. The molecular formula is C13H12ClF3N2O2. The van der Waals surface area contributed by atoms with Gasteiger partial charge in [0.05, 0.1) is 28.4 Å². The van der Waals surface area contributed by atoms with E-state index in [1.165, 1.54) is 0 Å². The van der Waals surface area contributed by atoms with E-state index in [-0.39, 0.29) is 22.3 Å². The Balaban J connectivity index is 2.79. The molecule has 0 amide bonds. The number of nitrogens with zero attached hydrogens (tertiary/aromatic N) is 2. The van der Waals surface area contributed by atoms with Crippen molar-refractivity contribution in [2.75, 3.05) is 0 Å². The van der Waals surface area contributed by atoms with E-state index in [1.54, 1.807) is 13.8 Å². The van der Waals surface area contributed by atoms with Gasteiger partial charge in [-0.05, 0) is 12.0 Å².